The van der Waals surface area contributed by atoms with Gasteiger partial charge < -0.3 is 19.6 Å². The number of aromatic nitrogens is 6. The largest absolute Gasteiger partial charge is 0.491 e. The Bertz CT molecular complexity index is 1460. The molecular weight excluding hydrogens is 436 g/mol. The number of anilines is 1. The lowest BCUT2D eigenvalue weighted by molar-refractivity contribution is 0.145. The van der Waals surface area contributed by atoms with Crippen molar-refractivity contribution in [3.8, 4) is 17.3 Å². The van der Waals surface area contributed by atoms with Gasteiger partial charge >= 0.3 is 0 Å². The number of hydrogen-bond acceptors (Lipinski definition) is 9. The minimum absolute atomic E-state index is 0.251. The van der Waals surface area contributed by atoms with Crippen LogP contribution >= 0.6 is 0 Å². The first kappa shape index (κ1) is 20.6. The van der Waals surface area contributed by atoms with Gasteiger partial charge in [-0.3, -0.25) is 4.90 Å². The van der Waals surface area contributed by atoms with Crippen LogP contribution in [-0.2, 0) is 24.4 Å². The van der Waals surface area contributed by atoms with E-state index in [9.17, 15) is 0 Å². The Morgan fingerprint density at radius 1 is 1.06 bits per heavy atom. The van der Waals surface area contributed by atoms with Crippen LogP contribution in [0.15, 0.2) is 47.2 Å². The van der Waals surface area contributed by atoms with E-state index in [0.717, 1.165) is 30.8 Å². The smallest absolute Gasteiger partial charge is 0.225 e. The average Bonchev–Trinajstić information content (AvgIpc) is 3.63. The Labute approximate surface area is 194 Å². The van der Waals surface area contributed by atoms with Crippen LogP contribution in [0.5, 0.6) is 5.75 Å². The van der Waals surface area contributed by atoms with Crippen LogP contribution in [0.2, 0.25) is 0 Å². The number of fused-ring (bicyclic) bond motifs is 4. The summed E-state index contributed by atoms with van der Waals surface area (Å²) in [6.07, 6.45) is 3.35. The molecule has 1 aliphatic rings. The van der Waals surface area contributed by atoms with Crippen LogP contribution in [0.25, 0.3) is 28.3 Å². The fraction of sp³-hybridized carbons (Fsp3) is 0.304. The first-order chi connectivity index (χ1) is 16.7. The van der Waals surface area contributed by atoms with Gasteiger partial charge in [-0.2, -0.15) is 14.6 Å². The molecule has 5 heterocycles. The number of furan rings is 1. The summed E-state index contributed by atoms with van der Waals surface area (Å²) in [6, 6.07) is 9.82. The third kappa shape index (κ3) is 3.55. The van der Waals surface area contributed by atoms with Gasteiger partial charge in [-0.1, -0.05) is 12.1 Å². The summed E-state index contributed by atoms with van der Waals surface area (Å²) in [6.45, 7) is 4.27. The zero-order valence-electron chi connectivity index (χ0n) is 18.7. The van der Waals surface area contributed by atoms with Crippen LogP contribution < -0.4 is 10.5 Å². The van der Waals surface area contributed by atoms with Crippen molar-refractivity contribution in [3.05, 3.63) is 53.9 Å². The molecular formula is C23H24N8O3. The zero-order chi connectivity index (χ0) is 23.1. The molecule has 0 saturated carbocycles. The van der Waals surface area contributed by atoms with Gasteiger partial charge in [-0.15, -0.1) is 5.10 Å². The SMILES string of the molecule is COCCOc1cccc2c1CN(CCn1ncc3c1nc(N)n1nc(-c4ccco4)nc31)C2. The molecule has 2 N–H and O–H groups in total. The quantitative estimate of drug-likeness (QED) is 0.348. The van der Waals surface area contributed by atoms with Gasteiger partial charge in [0.25, 0.3) is 0 Å². The Balaban J connectivity index is 1.21. The third-order valence-electron chi connectivity index (χ3n) is 6.02. The summed E-state index contributed by atoms with van der Waals surface area (Å²) in [5, 5.41) is 9.80. The Morgan fingerprint density at radius 2 is 2.00 bits per heavy atom. The Hall–Kier alpha value is -3.96. The molecule has 0 aliphatic carbocycles. The number of nitrogen functional groups attached to an aromatic ring is 1. The fourth-order valence-corrected chi connectivity index (χ4v) is 4.35. The monoisotopic (exact) mass is 460 g/mol. The van der Waals surface area contributed by atoms with Gasteiger partial charge in [0.1, 0.15) is 12.4 Å². The highest BCUT2D eigenvalue weighted by molar-refractivity contribution is 5.90. The second-order valence-electron chi connectivity index (χ2n) is 8.17. The molecule has 4 aromatic heterocycles. The van der Waals surface area contributed by atoms with E-state index in [1.165, 1.54) is 15.6 Å². The standard InChI is InChI=1S/C23H24N8O3/c1-32-10-11-34-18-5-2-4-15-13-29(14-17(15)18)7-8-30-21-16(12-25-30)22-26-20(19-6-3-9-33-19)28-31(22)23(24)27-21/h2-6,9,12H,7-8,10-11,13-14H2,1H3,(H2,24,27). The molecule has 0 unspecified atom stereocenters. The van der Waals surface area contributed by atoms with Crippen molar-refractivity contribution in [3.63, 3.8) is 0 Å². The fourth-order valence-electron chi connectivity index (χ4n) is 4.35. The molecule has 0 bridgehead atoms. The molecule has 11 nitrogen and oxygen atoms in total. The van der Waals surface area contributed by atoms with Gasteiger partial charge in [0.15, 0.2) is 17.1 Å². The number of hydrogen-bond donors (Lipinski definition) is 1. The van der Waals surface area contributed by atoms with Crippen molar-refractivity contribution in [1.29, 1.82) is 0 Å². The van der Waals surface area contributed by atoms with E-state index >= 15 is 0 Å². The minimum Gasteiger partial charge on any atom is -0.491 e. The molecule has 6 rings (SSSR count). The molecule has 5 aromatic rings. The third-order valence-corrected chi connectivity index (χ3v) is 6.02. The van der Waals surface area contributed by atoms with Crippen LogP contribution in [0.3, 0.4) is 0 Å². The van der Waals surface area contributed by atoms with Gasteiger partial charge in [0.2, 0.25) is 11.8 Å². The number of nitrogens with zero attached hydrogens (tertiary/aromatic N) is 7. The first-order valence-corrected chi connectivity index (χ1v) is 11.1. The number of methoxy groups -OCH3 is 1. The molecule has 0 radical (unpaired) electrons. The summed E-state index contributed by atoms with van der Waals surface area (Å²) in [7, 11) is 1.67. The van der Waals surface area contributed by atoms with Crippen LogP contribution in [0.1, 0.15) is 11.1 Å². The summed E-state index contributed by atoms with van der Waals surface area (Å²) >= 11 is 0. The van der Waals surface area contributed by atoms with Crippen LogP contribution in [-0.4, -0.2) is 61.1 Å². The van der Waals surface area contributed by atoms with E-state index in [4.69, 9.17) is 19.6 Å². The molecule has 34 heavy (non-hydrogen) atoms. The van der Waals surface area contributed by atoms with Crippen molar-refractivity contribution >= 4 is 22.6 Å². The predicted molar refractivity (Wildman–Crippen MR) is 124 cm³/mol. The molecule has 174 valence electrons. The van der Waals surface area contributed by atoms with Gasteiger partial charge in [0, 0.05) is 32.3 Å². The van der Waals surface area contributed by atoms with Gasteiger partial charge in [0.05, 0.1) is 31.0 Å². The first-order valence-electron chi connectivity index (χ1n) is 11.1. The lowest BCUT2D eigenvalue weighted by Gasteiger charge is -2.15. The minimum atomic E-state index is 0.251. The lowest BCUT2D eigenvalue weighted by Crippen LogP contribution is -2.22. The number of nitrogens with two attached hydrogens (primary N) is 1. The molecule has 1 aliphatic heterocycles. The molecule has 11 heteroatoms. The highest BCUT2D eigenvalue weighted by Gasteiger charge is 2.23. The lowest BCUT2D eigenvalue weighted by atomic mass is 10.1. The molecule has 1 aromatic carbocycles. The van der Waals surface area contributed by atoms with Crippen molar-refractivity contribution in [2.24, 2.45) is 0 Å². The van der Waals surface area contributed by atoms with E-state index in [-0.39, 0.29) is 5.95 Å². The van der Waals surface area contributed by atoms with E-state index in [1.807, 2.05) is 16.8 Å². The molecule has 0 amide bonds. The van der Waals surface area contributed by atoms with Crippen molar-refractivity contribution in [1.82, 2.24) is 34.3 Å². The van der Waals surface area contributed by atoms with Gasteiger partial charge in [-0.05, 0) is 23.8 Å². The maximum Gasteiger partial charge on any atom is 0.225 e. The second kappa shape index (κ2) is 8.43. The van der Waals surface area contributed by atoms with Gasteiger partial charge in [-0.25, -0.2) is 9.67 Å². The van der Waals surface area contributed by atoms with Crippen molar-refractivity contribution in [2.75, 3.05) is 32.6 Å². The summed E-state index contributed by atoms with van der Waals surface area (Å²) < 4.78 is 19.8. The topological polar surface area (TPSA) is 122 Å². The Kier molecular flexibility index (Phi) is 5.12. The Morgan fingerprint density at radius 3 is 2.85 bits per heavy atom. The summed E-state index contributed by atoms with van der Waals surface area (Å²) in [5.41, 5.74) is 10.0. The molecule has 0 fully saturated rings. The van der Waals surface area contributed by atoms with Crippen LogP contribution in [0, 0.1) is 0 Å². The summed E-state index contributed by atoms with van der Waals surface area (Å²) in [4.78, 5) is 11.5. The molecule has 0 atom stereocenters. The highest BCUT2D eigenvalue weighted by Crippen LogP contribution is 2.31. The molecule has 0 spiro atoms. The summed E-state index contributed by atoms with van der Waals surface area (Å²) in [5.74, 6) is 2.21. The van der Waals surface area contributed by atoms with Crippen molar-refractivity contribution < 1.29 is 13.9 Å². The normalized spacial score (nSPS) is 13.8. The second-order valence-corrected chi connectivity index (χ2v) is 8.17. The van der Waals surface area contributed by atoms with E-state index in [2.05, 4.69) is 31.1 Å². The molecule has 0 saturated heterocycles. The highest BCUT2D eigenvalue weighted by atomic mass is 16.5. The number of rotatable bonds is 8. The average molecular weight is 460 g/mol. The van der Waals surface area contributed by atoms with Crippen molar-refractivity contribution in [2.45, 2.75) is 19.6 Å². The zero-order valence-corrected chi connectivity index (χ0v) is 18.7. The number of benzene rings is 1. The number of ether oxygens (including phenoxy) is 2. The maximum absolute atomic E-state index is 6.20. The van der Waals surface area contributed by atoms with E-state index in [0.29, 0.717) is 42.6 Å². The maximum atomic E-state index is 6.20. The van der Waals surface area contributed by atoms with Crippen LogP contribution in [0.4, 0.5) is 5.95 Å². The van der Waals surface area contributed by atoms with E-state index < -0.39 is 0 Å². The van der Waals surface area contributed by atoms with E-state index in [1.54, 1.807) is 31.7 Å². The predicted octanol–water partition coefficient (Wildman–Crippen LogP) is 2.36.